The molecule has 2 fully saturated rings. The number of aliphatic hydroxyl groups excluding tert-OH is 1. The summed E-state index contributed by atoms with van der Waals surface area (Å²) in [5.41, 5.74) is -2.11. The van der Waals surface area contributed by atoms with Crippen LogP contribution >= 0.6 is 0 Å². The second-order valence-electron chi connectivity index (χ2n) is 19.2. The van der Waals surface area contributed by atoms with Crippen LogP contribution in [0.25, 0.3) is 5.76 Å². The van der Waals surface area contributed by atoms with Crippen molar-refractivity contribution in [3.63, 3.8) is 0 Å². The summed E-state index contributed by atoms with van der Waals surface area (Å²) in [6.07, 6.45) is -0.776. The molecule has 0 amide bonds. The van der Waals surface area contributed by atoms with Gasteiger partial charge in [0.25, 0.3) is 5.88 Å². The summed E-state index contributed by atoms with van der Waals surface area (Å²) in [6, 6.07) is 9.90. The topological polar surface area (TPSA) is 115 Å². The van der Waals surface area contributed by atoms with Gasteiger partial charge in [0.15, 0.2) is 19.7 Å². The number of carbonyl (C=O) groups excluding carboxylic acids is 2. The fourth-order valence-electron chi connectivity index (χ4n) is 9.96. The number of nitrogens with zero attached hydrogens (tertiary/aromatic N) is 3. The van der Waals surface area contributed by atoms with Crippen molar-refractivity contribution in [3.8, 4) is 11.6 Å². The number of aliphatic hydroxyl groups is 1. The van der Waals surface area contributed by atoms with Crippen LogP contribution in [0.5, 0.6) is 11.6 Å². The number of Topliss-reactive ketones (excluding diaryl/α,β-unsaturated/α-hetero) is 2. The smallest absolute Gasteiger partial charge is 0.417 e. The zero-order chi connectivity index (χ0) is 44.9. The third-order valence-electron chi connectivity index (χ3n) is 14.2. The molecule has 7 rings (SSSR count). The van der Waals surface area contributed by atoms with E-state index in [-0.39, 0.29) is 71.3 Å². The third kappa shape index (κ3) is 7.95. The largest absolute Gasteiger partial charge is 0.507 e. The lowest BCUT2D eigenvalue weighted by Crippen LogP contribution is -2.68. The molecule has 14 heteroatoms. The van der Waals surface area contributed by atoms with Crippen LogP contribution in [0.1, 0.15) is 143 Å². The predicted molar refractivity (Wildman–Crippen MR) is 234 cm³/mol. The molecule has 1 N–H and O–H groups in total. The van der Waals surface area contributed by atoms with Crippen molar-refractivity contribution in [1.82, 2.24) is 15.0 Å². The lowest BCUT2D eigenvalue weighted by molar-refractivity contribution is -0.141. The van der Waals surface area contributed by atoms with Crippen LogP contribution in [-0.4, -0.2) is 78.9 Å². The van der Waals surface area contributed by atoms with Gasteiger partial charge >= 0.3 is 6.18 Å². The van der Waals surface area contributed by atoms with Crippen molar-refractivity contribution in [2.45, 2.75) is 141 Å². The fraction of sp³-hybridized carbons (Fsp3) is 0.604. The van der Waals surface area contributed by atoms with Crippen molar-refractivity contribution < 1.29 is 46.3 Å². The Bertz CT molecular complexity index is 2180. The number of carbonyl (C=O) groups is 2. The number of ether oxygens (including phenoxy) is 2. The van der Waals surface area contributed by atoms with Gasteiger partial charge < -0.3 is 23.5 Å². The molecule has 1 aliphatic heterocycles. The first kappa shape index (κ1) is 46.0. The van der Waals surface area contributed by atoms with Crippen LogP contribution in [0.2, 0.25) is 18.1 Å². The highest BCUT2D eigenvalue weighted by Gasteiger charge is 2.69. The molecule has 3 aromatic rings. The van der Waals surface area contributed by atoms with Gasteiger partial charge in [-0.1, -0.05) is 84.7 Å². The van der Waals surface area contributed by atoms with Crippen molar-refractivity contribution in [2.75, 3.05) is 33.4 Å². The van der Waals surface area contributed by atoms with Crippen LogP contribution in [0.15, 0.2) is 46.5 Å². The number of alkyl halides is 3. The molecule has 2 heterocycles. The van der Waals surface area contributed by atoms with Crippen LogP contribution in [0.3, 0.4) is 0 Å². The minimum absolute atomic E-state index is 0.0195. The van der Waals surface area contributed by atoms with Crippen LogP contribution in [0, 0.1) is 11.8 Å². The van der Waals surface area contributed by atoms with Gasteiger partial charge in [-0.05, 0) is 111 Å². The number of hydrogen-bond acceptors (Lipinski definition) is 10. The highest BCUT2D eigenvalue weighted by molar-refractivity contribution is 6.74. The number of ketones is 2. The zero-order valence-corrected chi connectivity index (χ0v) is 38.8. The van der Waals surface area contributed by atoms with Gasteiger partial charge in [-0.25, -0.2) is 0 Å². The minimum Gasteiger partial charge on any atom is -0.507 e. The van der Waals surface area contributed by atoms with Gasteiger partial charge in [0.05, 0.1) is 30.4 Å². The van der Waals surface area contributed by atoms with E-state index in [4.69, 9.17) is 18.4 Å². The minimum atomic E-state index is -4.80. The maximum Gasteiger partial charge on any atom is 0.417 e. The Hall–Kier alpha value is -3.98. The van der Waals surface area contributed by atoms with E-state index in [0.29, 0.717) is 38.9 Å². The van der Waals surface area contributed by atoms with E-state index in [1.54, 1.807) is 0 Å². The lowest BCUT2D eigenvalue weighted by atomic mass is 9.56. The summed E-state index contributed by atoms with van der Waals surface area (Å²) in [7, 11) is -1.16. The SMILES string of the molecule is CCCCOc1cc(C2CCCN2Cc2ccccc2)c(C(F)(F)F)c2c1C(O)=C1C(=O)[C@]3(O[Si](C)(C)C(C)(C)C)C(=O)c4c(OCCCC)noc4[C@@H](N(C)CC)[C@@H]3C[C@@H]1C2. The van der Waals surface area contributed by atoms with E-state index >= 15 is 22.8 Å². The summed E-state index contributed by atoms with van der Waals surface area (Å²) in [4.78, 5) is 35.6. The van der Waals surface area contributed by atoms with Gasteiger partial charge in [-0.3, -0.25) is 19.4 Å². The molecule has 0 radical (unpaired) electrons. The molecule has 1 unspecified atom stereocenters. The van der Waals surface area contributed by atoms with E-state index in [1.807, 2.05) is 96.9 Å². The standard InChI is InChI=1S/C48H64F3N3O7Si/c1-10-13-23-58-35-27-31(34-21-18-22-54(34)28-29-19-16-15-17-20-29)39(48(49,50)51)32-25-30-26-33-40(53(7)12-3)42-38(45(52-60-42)59-24-14-11-2)44(57)47(33,61-62(8,9)46(4,5)6)43(56)36(30)41(55)37(32)35/h15-17,19-20,27,30,33-34,40,55H,10-14,18,21-26,28H2,1-9H3/t30-,33-,34?,40-,47-/m0/s1. The molecule has 3 aliphatic carbocycles. The maximum absolute atomic E-state index is 16.0. The van der Waals surface area contributed by atoms with Crippen LogP contribution < -0.4 is 9.47 Å². The molecule has 0 spiro atoms. The van der Waals surface area contributed by atoms with E-state index in [1.165, 1.54) is 6.07 Å². The normalized spacial score (nSPS) is 24.3. The Morgan fingerprint density at radius 1 is 1.00 bits per heavy atom. The van der Waals surface area contributed by atoms with Gasteiger partial charge in [0, 0.05) is 24.1 Å². The van der Waals surface area contributed by atoms with E-state index in [2.05, 4.69) is 10.1 Å². The number of fused-ring (bicyclic) bond motifs is 4. The van der Waals surface area contributed by atoms with Crippen molar-refractivity contribution in [2.24, 2.45) is 11.8 Å². The monoisotopic (exact) mass is 879 g/mol. The Morgan fingerprint density at radius 3 is 2.31 bits per heavy atom. The van der Waals surface area contributed by atoms with Gasteiger partial charge in [-0.2, -0.15) is 13.2 Å². The van der Waals surface area contributed by atoms with E-state index < -0.39 is 71.9 Å². The molecule has 4 aliphatic rings. The average Bonchev–Trinajstić information content (AvgIpc) is 3.85. The summed E-state index contributed by atoms with van der Waals surface area (Å²) in [6.45, 7) is 18.0. The van der Waals surface area contributed by atoms with Gasteiger partial charge in [0.1, 0.15) is 17.1 Å². The second-order valence-corrected chi connectivity index (χ2v) is 23.9. The first-order chi connectivity index (χ1) is 29.3. The maximum atomic E-state index is 16.0. The van der Waals surface area contributed by atoms with Gasteiger partial charge in [-0.15, -0.1) is 0 Å². The quantitative estimate of drug-likeness (QED) is 0.0899. The first-order valence-corrected chi connectivity index (χ1v) is 25.5. The number of aromatic nitrogens is 1. The average molecular weight is 880 g/mol. The molecule has 1 saturated heterocycles. The number of halogens is 3. The Morgan fingerprint density at radius 2 is 1.68 bits per heavy atom. The van der Waals surface area contributed by atoms with Gasteiger partial charge in [0.2, 0.25) is 11.6 Å². The van der Waals surface area contributed by atoms with Crippen LogP contribution in [-0.2, 0) is 28.4 Å². The number of unbranched alkanes of at least 4 members (excludes halogenated alkanes) is 2. The van der Waals surface area contributed by atoms with Crippen molar-refractivity contribution >= 4 is 25.6 Å². The fourth-order valence-corrected chi connectivity index (χ4v) is 11.4. The zero-order valence-electron chi connectivity index (χ0n) is 37.8. The first-order valence-electron chi connectivity index (χ1n) is 22.6. The third-order valence-corrected chi connectivity index (χ3v) is 18.7. The Labute approximate surface area is 365 Å². The molecule has 10 nitrogen and oxygen atoms in total. The molecular formula is C48H64F3N3O7Si. The molecule has 1 aromatic heterocycles. The van der Waals surface area contributed by atoms with E-state index in [0.717, 1.165) is 24.8 Å². The lowest BCUT2D eigenvalue weighted by Gasteiger charge is -2.55. The molecule has 5 atom stereocenters. The van der Waals surface area contributed by atoms with E-state index in [9.17, 15) is 5.11 Å². The number of likely N-dealkylation sites (tertiary alicyclic amines) is 1. The van der Waals surface area contributed by atoms with Crippen LogP contribution in [0.4, 0.5) is 13.2 Å². The molecular weight excluding hydrogens is 816 g/mol. The molecule has 62 heavy (non-hydrogen) atoms. The summed E-state index contributed by atoms with van der Waals surface area (Å²) in [5.74, 6) is -3.43. The molecule has 1 saturated carbocycles. The molecule has 2 aromatic carbocycles. The van der Waals surface area contributed by atoms with Crippen molar-refractivity contribution in [1.29, 1.82) is 0 Å². The Balaban J connectivity index is 1.47. The number of hydrogen-bond donors (Lipinski definition) is 1. The predicted octanol–water partition coefficient (Wildman–Crippen LogP) is 11.1. The van der Waals surface area contributed by atoms with Crippen molar-refractivity contribution in [3.05, 3.63) is 81.1 Å². The summed E-state index contributed by atoms with van der Waals surface area (Å²) >= 11 is 0. The summed E-state index contributed by atoms with van der Waals surface area (Å²) < 4.78 is 73.5. The molecule has 0 bridgehead atoms. The molecule has 338 valence electrons. The Kier molecular flexibility index (Phi) is 13.0. The highest BCUT2D eigenvalue weighted by atomic mass is 28.4. The highest BCUT2D eigenvalue weighted by Crippen LogP contribution is 2.60. The second kappa shape index (κ2) is 17.5. The summed E-state index contributed by atoms with van der Waals surface area (Å²) in [5, 5.41) is 16.4. The number of benzene rings is 2. The number of rotatable bonds is 15.